The molecule has 4 heterocycles. The maximum Gasteiger partial charge on any atom is 0.177 e. The molecule has 0 N–H and O–H groups in total. The Morgan fingerprint density at radius 1 is 1.42 bits per heavy atom. The summed E-state index contributed by atoms with van der Waals surface area (Å²) >= 11 is 2.04. The molecule has 2 aliphatic rings. The van der Waals surface area contributed by atoms with E-state index in [4.69, 9.17) is 4.74 Å². The van der Waals surface area contributed by atoms with Crippen LogP contribution in [0.2, 0.25) is 0 Å². The van der Waals surface area contributed by atoms with E-state index in [2.05, 4.69) is 20.2 Å². The fraction of sp³-hybridized carbons (Fsp3) is 0.583. The van der Waals surface area contributed by atoms with Gasteiger partial charge in [-0.05, 0) is 18.6 Å². The number of anilines is 1. The molecular weight excluding hydrogens is 262 g/mol. The topological polar surface area (TPSA) is 55.5 Å². The first-order valence-corrected chi connectivity index (χ1v) is 7.35. The van der Waals surface area contributed by atoms with Gasteiger partial charge in [-0.1, -0.05) is 0 Å². The standard InChI is InChI=1S/C12H15N5OS/c1-18-9-4-12(19-5-9)6-16(7-12)11-3-2-10-14-13-8-17(10)15-11/h2-3,8-9H,4-7H2,1H3/t9-/m0/s1. The quantitative estimate of drug-likeness (QED) is 0.810. The SMILES string of the molecule is CO[C@@H]1CSC2(C1)CN(c1ccc3nncn3n1)C2. The molecule has 2 aromatic heterocycles. The van der Waals surface area contributed by atoms with E-state index in [1.54, 1.807) is 10.8 Å². The molecule has 100 valence electrons. The second-order valence-corrected chi connectivity index (χ2v) is 6.73. The van der Waals surface area contributed by atoms with Gasteiger partial charge in [0.25, 0.3) is 0 Å². The van der Waals surface area contributed by atoms with Crippen molar-refractivity contribution in [1.82, 2.24) is 19.8 Å². The minimum Gasteiger partial charge on any atom is -0.381 e. The molecule has 2 saturated heterocycles. The van der Waals surface area contributed by atoms with Gasteiger partial charge in [-0.15, -0.1) is 27.1 Å². The smallest absolute Gasteiger partial charge is 0.177 e. The lowest BCUT2D eigenvalue weighted by atomic mass is 9.93. The number of fused-ring (bicyclic) bond motifs is 1. The minimum atomic E-state index is 0.379. The molecule has 0 bridgehead atoms. The molecule has 0 saturated carbocycles. The fourth-order valence-corrected chi connectivity index (χ4v) is 4.46. The summed E-state index contributed by atoms with van der Waals surface area (Å²) in [6.07, 6.45) is 3.21. The van der Waals surface area contributed by atoms with Crippen LogP contribution in [0.5, 0.6) is 0 Å². The van der Waals surface area contributed by atoms with Crippen molar-refractivity contribution in [2.24, 2.45) is 0 Å². The normalized spacial score (nSPS) is 25.1. The van der Waals surface area contributed by atoms with Crippen molar-refractivity contribution in [2.75, 3.05) is 30.9 Å². The van der Waals surface area contributed by atoms with Gasteiger partial charge in [0.15, 0.2) is 5.65 Å². The largest absolute Gasteiger partial charge is 0.381 e. The molecular formula is C12H15N5OS. The first-order chi connectivity index (χ1) is 9.28. The Kier molecular flexibility index (Phi) is 2.46. The fourth-order valence-electron chi connectivity index (χ4n) is 2.87. The van der Waals surface area contributed by atoms with Crippen molar-refractivity contribution < 1.29 is 4.74 Å². The summed E-state index contributed by atoms with van der Waals surface area (Å²) in [7, 11) is 1.81. The molecule has 0 unspecified atom stereocenters. The van der Waals surface area contributed by atoms with Crippen molar-refractivity contribution in [3.8, 4) is 0 Å². The third kappa shape index (κ3) is 1.80. The lowest BCUT2D eigenvalue weighted by molar-refractivity contribution is 0.109. The third-order valence-electron chi connectivity index (χ3n) is 3.94. The van der Waals surface area contributed by atoms with Crippen molar-refractivity contribution in [2.45, 2.75) is 17.3 Å². The summed E-state index contributed by atoms with van der Waals surface area (Å²) in [6, 6.07) is 3.98. The first-order valence-electron chi connectivity index (χ1n) is 6.37. The molecule has 7 heteroatoms. The van der Waals surface area contributed by atoms with Crippen LogP contribution in [0.15, 0.2) is 18.5 Å². The van der Waals surface area contributed by atoms with Crippen LogP contribution in [0.1, 0.15) is 6.42 Å². The molecule has 6 nitrogen and oxygen atoms in total. The third-order valence-corrected chi connectivity index (χ3v) is 5.51. The molecule has 1 atom stereocenters. The number of aromatic nitrogens is 4. The molecule has 0 aliphatic carbocycles. The summed E-state index contributed by atoms with van der Waals surface area (Å²) in [5, 5.41) is 12.3. The number of hydrogen-bond donors (Lipinski definition) is 0. The highest BCUT2D eigenvalue weighted by molar-refractivity contribution is 8.01. The zero-order valence-corrected chi connectivity index (χ0v) is 11.5. The molecule has 2 aromatic rings. The van der Waals surface area contributed by atoms with Crippen LogP contribution in [-0.2, 0) is 4.74 Å². The van der Waals surface area contributed by atoms with Gasteiger partial charge in [0.05, 0.1) is 10.9 Å². The average Bonchev–Trinajstić information content (AvgIpc) is 3.02. The Bertz CT molecular complexity index is 609. The van der Waals surface area contributed by atoms with Gasteiger partial charge in [-0.3, -0.25) is 0 Å². The van der Waals surface area contributed by atoms with Gasteiger partial charge in [-0.25, -0.2) is 0 Å². The number of rotatable bonds is 2. The highest BCUT2D eigenvalue weighted by Crippen LogP contribution is 2.46. The summed E-state index contributed by atoms with van der Waals surface area (Å²) in [6.45, 7) is 2.11. The Labute approximate surface area is 115 Å². The molecule has 0 amide bonds. The summed E-state index contributed by atoms with van der Waals surface area (Å²) in [5.41, 5.74) is 0.786. The molecule has 2 aliphatic heterocycles. The number of thioether (sulfide) groups is 1. The molecule has 1 spiro atoms. The number of methoxy groups -OCH3 is 1. The lowest BCUT2D eigenvalue weighted by Crippen LogP contribution is -2.59. The van der Waals surface area contributed by atoms with E-state index >= 15 is 0 Å². The van der Waals surface area contributed by atoms with Gasteiger partial charge in [0, 0.05) is 26.0 Å². The van der Waals surface area contributed by atoms with Crippen molar-refractivity contribution in [3.05, 3.63) is 18.5 Å². The Morgan fingerprint density at radius 3 is 3.11 bits per heavy atom. The van der Waals surface area contributed by atoms with E-state index in [1.807, 2.05) is 31.0 Å². The van der Waals surface area contributed by atoms with Crippen molar-refractivity contribution >= 4 is 23.2 Å². The van der Waals surface area contributed by atoms with Gasteiger partial charge in [0.2, 0.25) is 0 Å². The predicted molar refractivity (Wildman–Crippen MR) is 73.6 cm³/mol. The molecule has 2 fully saturated rings. The van der Waals surface area contributed by atoms with Crippen LogP contribution < -0.4 is 4.90 Å². The number of ether oxygens (including phenoxy) is 1. The van der Waals surface area contributed by atoms with Crippen LogP contribution in [0.25, 0.3) is 5.65 Å². The second kappa shape index (κ2) is 4.08. The van der Waals surface area contributed by atoms with E-state index < -0.39 is 0 Å². The van der Waals surface area contributed by atoms with Gasteiger partial charge in [0.1, 0.15) is 12.1 Å². The highest BCUT2D eigenvalue weighted by atomic mass is 32.2. The Hall–Kier alpha value is -1.34. The van der Waals surface area contributed by atoms with E-state index in [0.29, 0.717) is 10.9 Å². The zero-order valence-electron chi connectivity index (χ0n) is 10.7. The van der Waals surface area contributed by atoms with Crippen LogP contribution in [-0.4, -0.2) is 56.6 Å². The summed E-state index contributed by atoms with van der Waals surface area (Å²) < 4.78 is 7.56. The lowest BCUT2D eigenvalue weighted by Gasteiger charge is -2.48. The zero-order chi connectivity index (χ0) is 12.9. The van der Waals surface area contributed by atoms with Gasteiger partial charge >= 0.3 is 0 Å². The van der Waals surface area contributed by atoms with Crippen LogP contribution in [0.4, 0.5) is 5.82 Å². The van der Waals surface area contributed by atoms with E-state index in [1.165, 1.54) is 0 Å². The van der Waals surface area contributed by atoms with E-state index in [9.17, 15) is 0 Å². The number of hydrogen-bond acceptors (Lipinski definition) is 6. The van der Waals surface area contributed by atoms with Crippen LogP contribution >= 0.6 is 11.8 Å². The molecule has 0 radical (unpaired) electrons. The molecule has 19 heavy (non-hydrogen) atoms. The maximum atomic E-state index is 5.45. The summed E-state index contributed by atoms with van der Waals surface area (Å²) in [5.74, 6) is 2.11. The minimum absolute atomic E-state index is 0.379. The van der Waals surface area contributed by atoms with Crippen molar-refractivity contribution in [1.29, 1.82) is 0 Å². The van der Waals surface area contributed by atoms with Gasteiger partial charge in [-0.2, -0.15) is 4.52 Å². The maximum absolute atomic E-state index is 5.45. The van der Waals surface area contributed by atoms with E-state index in [-0.39, 0.29) is 0 Å². The highest BCUT2D eigenvalue weighted by Gasteiger charge is 2.49. The van der Waals surface area contributed by atoms with Crippen LogP contribution in [0, 0.1) is 0 Å². The number of nitrogens with zero attached hydrogens (tertiary/aromatic N) is 5. The van der Waals surface area contributed by atoms with Gasteiger partial charge < -0.3 is 9.64 Å². The van der Waals surface area contributed by atoms with E-state index in [0.717, 1.165) is 36.7 Å². The monoisotopic (exact) mass is 277 g/mol. The predicted octanol–water partition coefficient (Wildman–Crippen LogP) is 0.835. The summed E-state index contributed by atoms with van der Waals surface area (Å²) in [4.78, 5) is 2.31. The average molecular weight is 277 g/mol. The first kappa shape index (κ1) is 11.5. The van der Waals surface area contributed by atoms with Crippen molar-refractivity contribution in [3.63, 3.8) is 0 Å². The Balaban J connectivity index is 1.50. The molecule has 4 rings (SSSR count). The Morgan fingerprint density at radius 2 is 2.32 bits per heavy atom. The van der Waals surface area contributed by atoms with Crippen LogP contribution in [0.3, 0.4) is 0 Å². The molecule has 0 aromatic carbocycles. The second-order valence-electron chi connectivity index (χ2n) is 5.24.